The van der Waals surface area contributed by atoms with Gasteiger partial charge in [0.15, 0.2) is 5.69 Å². The third-order valence-electron chi connectivity index (χ3n) is 3.13. The molecule has 0 aliphatic carbocycles. The predicted octanol–water partition coefficient (Wildman–Crippen LogP) is 0.451. The topological polar surface area (TPSA) is 67.4 Å². The Morgan fingerprint density at radius 3 is 3.17 bits per heavy atom. The van der Waals surface area contributed by atoms with Crippen LogP contribution >= 0.6 is 0 Å². The Morgan fingerprint density at radius 1 is 1.61 bits per heavy atom. The van der Waals surface area contributed by atoms with Gasteiger partial charge in [0.1, 0.15) is 5.82 Å². The van der Waals surface area contributed by atoms with Crippen molar-refractivity contribution in [2.75, 3.05) is 32.1 Å². The number of carbonyl (C=O) groups excluding carboxylic acids is 1. The summed E-state index contributed by atoms with van der Waals surface area (Å²) in [6, 6.07) is 0.414. The fourth-order valence-corrected chi connectivity index (χ4v) is 2.28. The Balaban J connectivity index is 2.19. The molecule has 0 spiro atoms. The molecule has 1 saturated heterocycles. The monoisotopic (exact) mass is 250 g/mol. The van der Waals surface area contributed by atoms with Crippen molar-refractivity contribution in [1.82, 2.24) is 15.3 Å². The van der Waals surface area contributed by atoms with E-state index in [1.165, 1.54) is 13.3 Å². The molecule has 6 heteroatoms. The average Bonchev–Trinajstić information content (AvgIpc) is 2.87. The molecule has 2 heterocycles. The van der Waals surface area contributed by atoms with E-state index in [0.717, 1.165) is 31.7 Å². The lowest BCUT2D eigenvalue weighted by atomic mass is 10.2. The van der Waals surface area contributed by atoms with Crippen LogP contribution in [0.3, 0.4) is 0 Å². The molecule has 0 saturated carbocycles. The molecular weight excluding hydrogens is 232 g/mol. The molecule has 18 heavy (non-hydrogen) atoms. The zero-order valence-corrected chi connectivity index (χ0v) is 10.7. The van der Waals surface area contributed by atoms with E-state index in [2.05, 4.69) is 24.9 Å². The highest BCUT2D eigenvalue weighted by molar-refractivity contribution is 5.87. The highest BCUT2D eigenvalue weighted by atomic mass is 16.5. The summed E-state index contributed by atoms with van der Waals surface area (Å²) in [5, 5.41) is 3.18. The Bertz CT molecular complexity index is 424. The number of ether oxygens (including phenoxy) is 1. The summed E-state index contributed by atoms with van der Waals surface area (Å²) in [6.07, 6.45) is 5.39. The fraction of sp³-hybridized carbons (Fsp3) is 0.583. The summed E-state index contributed by atoms with van der Waals surface area (Å²) in [5.74, 6) is 0.296. The van der Waals surface area contributed by atoms with Crippen LogP contribution in [0.5, 0.6) is 0 Å². The van der Waals surface area contributed by atoms with Gasteiger partial charge >= 0.3 is 5.97 Å². The van der Waals surface area contributed by atoms with Crippen molar-refractivity contribution in [2.24, 2.45) is 0 Å². The SMILES string of the molecule is CNCC1CCCN1c1cncc(C(=O)OC)n1. The molecule has 1 aromatic rings. The summed E-state index contributed by atoms with van der Waals surface area (Å²) >= 11 is 0. The lowest BCUT2D eigenvalue weighted by Gasteiger charge is -2.25. The number of carbonyl (C=O) groups is 1. The average molecular weight is 250 g/mol. The first-order chi connectivity index (χ1) is 8.76. The van der Waals surface area contributed by atoms with Gasteiger partial charge in [0.05, 0.1) is 19.5 Å². The van der Waals surface area contributed by atoms with Gasteiger partial charge in [-0.05, 0) is 19.9 Å². The maximum Gasteiger partial charge on any atom is 0.358 e. The number of anilines is 1. The van der Waals surface area contributed by atoms with Gasteiger partial charge in [0.25, 0.3) is 0 Å². The van der Waals surface area contributed by atoms with Crippen LogP contribution in [-0.2, 0) is 4.74 Å². The zero-order chi connectivity index (χ0) is 13.0. The number of esters is 1. The molecule has 1 atom stereocenters. The lowest BCUT2D eigenvalue weighted by molar-refractivity contribution is 0.0593. The predicted molar refractivity (Wildman–Crippen MR) is 67.7 cm³/mol. The van der Waals surface area contributed by atoms with Crippen molar-refractivity contribution in [2.45, 2.75) is 18.9 Å². The number of hydrogen-bond acceptors (Lipinski definition) is 6. The van der Waals surface area contributed by atoms with Gasteiger partial charge < -0.3 is 15.0 Å². The van der Waals surface area contributed by atoms with Gasteiger partial charge in [-0.2, -0.15) is 0 Å². The molecule has 0 aromatic carbocycles. The van der Waals surface area contributed by atoms with Crippen LogP contribution in [0.2, 0.25) is 0 Å². The van der Waals surface area contributed by atoms with Crippen LogP contribution in [0.1, 0.15) is 23.3 Å². The van der Waals surface area contributed by atoms with E-state index >= 15 is 0 Å². The molecule has 1 aliphatic rings. The highest BCUT2D eigenvalue weighted by Gasteiger charge is 2.25. The number of methoxy groups -OCH3 is 1. The first-order valence-corrected chi connectivity index (χ1v) is 6.08. The smallest absolute Gasteiger partial charge is 0.358 e. The normalized spacial score (nSPS) is 19.0. The zero-order valence-electron chi connectivity index (χ0n) is 10.7. The molecule has 0 amide bonds. The second-order valence-electron chi connectivity index (χ2n) is 4.30. The van der Waals surface area contributed by atoms with Crippen molar-refractivity contribution in [3.05, 3.63) is 18.1 Å². The van der Waals surface area contributed by atoms with E-state index < -0.39 is 5.97 Å². The summed E-state index contributed by atoms with van der Waals surface area (Å²) in [6.45, 7) is 1.86. The van der Waals surface area contributed by atoms with Gasteiger partial charge in [0, 0.05) is 19.1 Å². The van der Waals surface area contributed by atoms with E-state index in [9.17, 15) is 4.79 Å². The second-order valence-corrected chi connectivity index (χ2v) is 4.30. The number of rotatable bonds is 4. The minimum Gasteiger partial charge on any atom is -0.464 e. The highest BCUT2D eigenvalue weighted by Crippen LogP contribution is 2.22. The van der Waals surface area contributed by atoms with Gasteiger partial charge in [-0.15, -0.1) is 0 Å². The maximum absolute atomic E-state index is 11.4. The molecule has 0 radical (unpaired) electrons. The molecule has 1 N–H and O–H groups in total. The Kier molecular flexibility index (Phi) is 4.09. The van der Waals surface area contributed by atoms with Gasteiger partial charge in [0.2, 0.25) is 0 Å². The van der Waals surface area contributed by atoms with Crippen LogP contribution in [0.25, 0.3) is 0 Å². The molecule has 0 bridgehead atoms. The summed E-state index contributed by atoms with van der Waals surface area (Å²) in [5.41, 5.74) is 0.255. The van der Waals surface area contributed by atoms with E-state index in [1.807, 2.05) is 7.05 Å². The van der Waals surface area contributed by atoms with Crippen molar-refractivity contribution < 1.29 is 9.53 Å². The Labute approximate surface area is 106 Å². The van der Waals surface area contributed by atoms with Crippen molar-refractivity contribution >= 4 is 11.8 Å². The molecule has 1 aliphatic heterocycles. The van der Waals surface area contributed by atoms with Crippen molar-refractivity contribution in [1.29, 1.82) is 0 Å². The Morgan fingerprint density at radius 2 is 2.44 bits per heavy atom. The lowest BCUT2D eigenvalue weighted by Crippen LogP contribution is -2.37. The maximum atomic E-state index is 11.4. The van der Waals surface area contributed by atoms with Gasteiger partial charge in [-0.3, -0.25) is 4.98 Å². The minimum absolute atomic E-state index is 0.255. The largest absolute Gasteiger partial charge is 0.464 e. The molecule has 1 aromatic heterocycles. The molecule has 98 valence electrons. The Hall–Kier alpha value is -1.69. The number of nitrogens with zero attached hydrogens (tertiary/aromatic N) is 3. The van der Waals surface area contributed by atoms with Crippen molar-refractivity contribution in [3.8, 4) is 0 Å². The van der Waals surface area contributed by atoms with E-state index in [-0.39, 0.29) is 5.69 Å². The molecule has 1 unspecified atom stereocenters. The van der Waals surface area contributed by atoms with Gasteiger partial charge in [-0.1, -0.05) is 0 Å². The third kappa shape index (κ3) is 2.59. The molecular formula is C12H18N4O2. The van der Waals surface area contributed by atoms with E-state index in [4.69, 9.17) is 0 Å². The molecule has 6 nitrogen and oxygen atoms in total. The number of likely N-dealkylation sites (N-methyl/N-ethyl adjacent to an activating group) is 1. The summed E-state index contributed by atoms with van der Waals surface area (Å²) in [7, 11) is 3.28. The van der Waals surface area contributed by atoms with Crippen LogP contribution in [-0.4, -0.2) is 49.2 Å². The van der Waals surface area contributed by atoms with E-state index in [1.54, 1.807) is 6.20 Å². The third-order valence-corrected chi connectivity index (χ3v) is 3.13. The quantitative estimate of drug-likeness (QED) is 0.783. The van der Waals surface area contributed by atoms with Gasteiger partial charge in [-0.25, -0.2) is 9.78 Å². The molecule has 1 fully saturated rings. The van der Waals surface area contributed by atoms with Crippen LogP contribution in [0.15, 0.2) is 12.4 Å². The summed E-state index contributed by atoms with van der Waals surface area (Å²) in [4.78, 5) is 22.0. The first-order valence-electron chi connectivity index (χ1n) is 6.08. The van der Waals surface area contributed by atoms with E-state index in [0.29, 0.717) is 6.04 Å². The summed E-state index contributed by atoms with van der Waals surface area (Å²) < 4.78 is 4.66. The fourth-order valence-electron chi connectivity index (χ4n) is 2.28. The van der Waals surface area contributed by atoms with Crippen LogP contribution in [0.4, 0.5) is 5.82 Å². The van der Waals surface area contributed by atoms with Crippen LogP contribution in [0, 0.1) is 0 Å². The van der Waals surface area contributed by atoms with Crippen molar-refractivity contribution in [3.63, 3.8) is 0 Å². The first kappa shape index (κ1) is 12.8. The second kappa shape index (κ2) is 5.77. The van der Waals surface area contributed by atoms with Crippen LogP contribution < -0.4 is 10.2 Å². The number of hydrogen-bond donors (Lipinski definition) is 1. The standard InChI is InChI=1S/C12H18N4O2/c1-13-6-9-4-3-5-16(9)11-8-14-7-10(15-11)12(17)18-2/h7-9,13H,3-6H2,1-2H3. The minimum atomic E-state index is -0.450. The number of nitrogens with one attached hydrogen (secondary N) is 1. The molecule has 2 rings (SSSR count). The number of aromatic nitrogens is 2.